The van der Waals surface area contributed by atoms with Crippen LogP contribution in [0.15, 0.2) is 71.4 Å². The van der Waals surface area contributed by atoms with Crippen LogP contribution in [0.4, 0.5) is 10.1 Å². The first-order valence-corrected chi connectivity index (χ1v) is 10.2. The molecule has 0 saturated heterocycles. The molecule has 3 aromatic carbocycles. The van der Waals surface area contributed by atoms with E-state index in [-0.39, 0.29) is 40.2 Å². The van der Waals surface area contributed by atoms with Crippen LogP contribution in [-0.2, 0) is 16.1 Å². The molecule has 3 aromatic rings. The monoisotopic (exact) mass is 482 g/mol. The van der Waals surface area contributed by atoms with Crippen molar-refractivity contribution in [2.45, 2.75) is 6.61 Å². The molecule has 34 heavy (non-hydrogen) atoms. The molecule has 1 aliphatic rings. The van der Waals surface area contributed by atoms with Crippen LogP contribution in [0.25, 0.3) is 6.08 Å². The van der Waals surface area contributed by atoms with E-state index in [2.05, 4.69) is 4.99 Å². The van der Waals surface area contributed by atoms with Crippen LogP contribution in [-0.4, -0.2) is 23.9 Å². The van der Waals surface area contributed by atoms with Crippen molar-refractivity contribution in [1.29, 1.82) is 0 Å². The number of cyclic esters (lactones) is 1. The summed E-state index contributed by atoms with van der Waals surface area (Å²) in [5, 5.41) is 10.9. The van der Waals surface area contributed by atoms with E-state index in [1.54, 1.807) is 36.4 Å². The molecular formula is C24H16ClFN2O6. The Hall–Kier alpha value is -4.24. The number of nitro groups is 1. The number of aliphatic imine (C=N–C) groups is 1. The number of non-ortho nitro benzene ring substituents is 1. The Morgan fingerprint density at radius 2 is 1.97 bits per heavy atom. The van der Waals surface area contributed by atoms with Crippen molar-refractivity contribution >= 4 is 35.2 Å². The molecule has 172 valence electrons. The fourth-order valence-electron chi connectivity index (χ4n) is 3.19. The molecular weight excluding hydrogens is 467 g/mol. The van der Waals surface area contributed by atoms with Crippen LogP contribution < -0.4 is 9.47 Å². The number of hydrogen-bond acceptors (Lipinski definition) is 7. The summed E-state index contributed by atoms with van der Waals surface area (Å²) in [4.78, 5) is 27.0. The summed E-state index contributed by atoms with van der Waals surface area (Å²) in [6, 6.07) is 15.0. The van der Waals surface area contributed by atoms with Crippen LogP contribution in [0.2, 0.25) is 5.02 Å². The first-order chi connectivity index (χ1) is 16.4. The van der Waals surface area contributed by atoms with E-state index in [9.17, 15) is 19.3 Å². The molecule has 1 heterocycles. The fourth-order valence-corrected chi connectivity index (χ4v) is 3.45. The SMILES string of the molecule is COc1cccc(/C=C2\N=C(c3ccc([N+](=O)[O-])cc3Cl)OC2=O)c1OCc1ccccc1F. The van der Waals surface area contributed by atoms with Gasteiger partial charge in [-0.15, -0.1) is 0 Å². The lowest BCUT2D eigenvalue weighted by Gasteiger charge is -2.14. The summed E-state index contributed by atoms with van der Waals surface area (Å²) in [5.74, 6) is -0.587. The highest BCUT2D eigenvalue weighted by molar-refractivity contribution is 6.34. The molecule has 0 saturated carbocycles. The van der Waals surface area contributed by atoms with E-state index >= 15 is 0 Å². The highest BCUT2D eigenvalue weighted by Crippen LogP contribution is 2.35. The Bertz CT molecular complexity index is 1360. The smallest absolute Gasteiger partial charge is 0.363 e. The normalized spacial score (nSPS) is 14.0. The number of rotatable bonds is 7. The van der Waals surface area contributed by atoms with Crippen LogP contribution in [0, 0.1) is 15.9 Å². The maximum absolute atomic E-state index is 14.0. The van der Waals surface area contributed by atoms with Crippen molar-refractivity contribution in [3.63, 3.8) is 0 Å². The molecule has 0 radical (unpaired) electrons. The molecule has 0 aromatic heterocycles. The Morgan fingerprint density at radius 1 is 1.18 bits per heavy atom. The van der Waals surface area contributed by atoms with Crippen molar-refractivity contribution in [3.8, 4) is 11.5 Å². The topological polar surface area (TPSA) is 100 Å². The average molecular weight is 483 g/mol. The van der Waals surface area contributed by atoms with E-state index in [4.69, 9.17) is 25.8 Å². The zero-order valence-electron chi connectivity index (χ0n) is 17.7. The quantitative estimate of drug-likeness (QED) is 0.195. The number of nitrogens with zero attached hydrogens (tertiary/aromatic N) is 2. The minimum atomic E-state index is -0.743. The Morgan fingerprint density at radius 3 is 2.68 bits per heavy atom. The van der Waals surface area contributed by atoms with Gasteiger partial charge in [-0.3, -0.25) is 10.1 Å². The standard InChI is InChI=1S/C24H16ClFN2O6/c1-32-21-8-4-6-14(22(21)33-13-15-5-2-3-7-19(15)26)11-20-24(29)34-23(27-20)17-10-9-16(28(30)31)12-18(17)25/h2-12H,13H2,1H3/b20-11-. The first-order valence-electron chi connectivity index (χ1n) is 9.87. The molecule has 0 atom stereocenters. The molecule has 0 spiro atoms. The lowest BCUT2D eigenvalue weighted by molar-refractivity contribution is -0.384. The van der Waals surface area contributed by atoms with E-state index in [0.717, 1.165) is 6.07 Å². The second-order valence-corrected chi connectivity index (χ2v) is 7.42. The minimum Gasteiger partial charge on any atom is -0.493 e. The minimum absolute atomic E-state index is 0.0114. The molecule has 0 unspecified atom stereocenters. The number of methoxy groups -OCH3 is 1. The van der Waals surface area contributed by atoms with E-state index in [1.165, 1.54) is 31.4 Å². The second-order valence-electron chi connectivity index (χ2n) is 7.02. The van der Waals surface area contributed by atoms with Crippen LogP contribution in [0.1, 0.15) is 16.7 Å². The Labute approximate surface area is 198 Å². The summed E-state index contributed by atoms with van der Waals surface area (Å²) in [7, 11) is 1.46. The molecule has 10 heteroatoms. The van der Waals surface area contributed by atoms with Gasteiger partial charge in [0.15, 0.2) is 17.2 Å². The number of esters is 1. The lowest BCUT2D eigenvalue weighted by Crippen LogP contribution is -2.06. The highest BCUT2D eigenvalue weighted by Gasteiger charge is 2.27. The molecule has 1 aliphatic heterocycles. The van der Waals surface area contributed by atoms with Crippen molar-refractivity contribution in [1.82, 2.24) is 0 Å². The predicted octanol–water partition coefficient (Wildman–Crippen LogP) is 5.32. The fraction of sp³-hybridized carbons (Fsp3) is 0.0833. The number of hydrogen-bond donors (Lipinski definition) is 0. The molecule has 0 aliphatic carbocycles. The molecule has 4 rings (SSSR count). The van der Waals surface area contributed by atoms with Gasteiger partial charge in [-0.1, -0.05) is 41.9 Å². The number of halogens is 2. The van der Waals surface area contributed by atoms with Gasteiger partial charge in [0.1, 0.15) is 12.4 Å². The van der Waals surface area contributed by atoms with Gasteiger partial charge in [-0.2, -0.15) is 0 Å². The van der Waals surface area contributed by atoms with Crippen molar-refractivity contribution in [2.24, 2.45) is 4.99 Å². The third-order valence-corrected chi connectivity index (χ3v) is 5.18. The molecule has 0 bridgehead atoms. The third kappa shape index (κ3) is 4.74. The number of nitro benzene ring substituents is 1. The summed E-state index contributed by atoms with van der Waals surface area (Å²) in [6.45, 7) is -0.0689. The first kappa shape index (κ1) is 22.9. The van der Waals surface area contributed by atoms with Gasteiger partial charge >= 0.3 is 5.97 Å². The second kappa shape index (κ2) is 9.72. The molecule has 8 nitrogen and oxygen atoms in total. The lowest BCUT2D eigenvalue weighted by atomic mass is 10.1. The highest BCUT2D eigenvalue weighted by atomic mass is 35.5. The molecule has 0 amide bonds. The van der Waals surface area contributed by atoms with Crippen molar-refractivity contribution in [3.05, 3.63) is 104 Å². The van der Waals surface area contributed by atoms with E-state index in [1.807, 2.05) is 0 Å². The van der Waals surface area contributed by atoms with Crippen LogP contribution >= 0.6 is 11.6 Å². The third-order valence-electron chi connectivity index (χ3n) is 4.87. The largest absolute Gasteiger partial charge is 0.493 e. The Kier molecular flexibility index (Phi) is 6.55. The number of carbonyl (C=O) groups is 1. The predicted molar refractivity (Wildman–Crippen MR) is 122 cm³/mol. The van der Waals surface area contributed by atoms with Gasteiger partial charge in [0.25, 0.3) is 5.69 Å². The molecule has 0 fully saturated rings. The van der Waals surface area contributed by atoms with Gasteiger partial charge in [0.2, 0.25) is 5.90 Å². The van der Waals surface area contributed by atoms with Crippen molar-refractivity contribution < 1.29 is 28.3 Å². The maximum Gasteiger partial charge on any atom is 0.363 e. The van der Waals surface area contributed by atoms with Crippen LogP contribution in [0.3, 0.4) is 0 Å². The van der Waals surface area contributed by atoms with E-state index < -0.39 is 16.7 Å². The van der Waals surface area contributed by atoms with Crippen molar-refractivity contribution in [2.75, 3.05) is 7.11 Å². The Balaban J connectivity index is 1.67. The number of ether oxygens (including phenoxy) is 3. The van der Waals surface area contributed by atoms with Gasteiger partial charge < -0.3 is 14.2 Å². The summed E-state index contributed by atoms with van der Waals surface area (Å²) >= 11 is 6.12. The number of benzene rings is 3. The van der Waals surface area contributed by atoms with Gasteiger partial charge in [0, 0.05) is 23.3 Å². The van der Waals surface area contributed by atoms with Gasteiger partial charge in [-0.25, -0.2) is 14.2 Å². The van der Waals surface area contributed by atoms with E-state index in [0.29, 0.717) is 16.9 Å². The summed E-state index contributed by atoms with van der Waals surface area (Å²) in [6.07, 6.45) is 1.44. The van der Waals surface area contributed by atoms with Gasteiger partial charge in [0.05, 0.1) is 22.6 Å². The zero-order valence-corrected chi connectivity index (χ0v) is 18.4. The number of para-hydroxylation sites is 1. The zero-order chi connectivity index (χ0) is 24.2. The average Bonchev–Trinajstić information content (AvgIpc) is 3.18. The maximum atomic E-state index is 14.0. The molecule has 0 N–H and O–H groups in total. The van der Waals surface area contributed by atoms with Gasteiger partial charge in [-0.05, 0) is 24.3 Å². The summed E-state index contributed by atoms with van der Waals surface area (Å²) < 4.78 is 30.4. The van der Waals surface area contributed by atoms with Crippen LogP contribution in [0.5, 0.6) is 11.5 Å². The summed E-state index contributed by atoms with van der Waals surface area (Å²) in [5.41, 5.74) is 0.768. The number of carbonyl (C=O) groups excluding carboxylic acids is 1.